The van der Waals surface area contributed by atoms with Gasteiger partial charge in [-0.2, -0.15) is 0 Å². The fraction of sp³-hybridized carbons (Fsp3) is 0.182. The number of aromatic amines is 1. The molecule has 0 unspecified atom stereocenters. The number of ether oxygens (including phenoxy) is 2. The summed E-state index contributed by atoms with van der Waals surface area (Å²) in [6.45, 7) is 0. The second-order valence-electron chi connectivity index (χ2n) is 3.31. The molecule has 0 saturated carbocycles. The Morgan fingerprint density at radius 3 is 2.53 bits per heavy atom. The lowest BCUT2D eigenvalue weighted by Crippen LogP contribution is -1.91. The third-order valence-electron chi connectivity index (χ3n) is 2.48. The number of aldehydes is 1. The number of carbonyl (C=O) groups excluding carboxylic acids is 1. The van der Waals surface area contributed by atoms with Crippen molar-refractivity contribution in [2.75, 3.05) is 14.2 Å². The van der Waals surface area contributed by atoms with Gasteiger partial charge in [-0.15, -0.1) is 0 Å². The average molecular weight is 274 g/mol. The van der Waals surface area contributed by atoms with E-state index in [1.54, 1.807) is 6.07 Å². The first-order valence-corrected chi connectivity index (χ1v) is 5.46. The zero-order chi connectivity index (χ0) is 12.6. The monoisotopic (exact) mass is 273 g/mol. The topological polar surface area (TPSA) is 51.3 Å². The first-order valence-electron chi connectivity index (χ1n) is 4.70. The normalized spacial score (nSPS) is 10.6. The first kappa shape index (κ1) is 12.1. The van der Waals surface area contributed by atoms with Crippen LogP contribution >= 0.6 is 23.2 Å². The van der Waals surface area contributed by atoms with Gasteiger partial charge in [0.2, 0.25) is 0 Å². The number of hydrogen-bond donors (Lipinski definition) is 1. The average Bonchev–Trinajstić information content (AvgIpc) is 2.64. The van der Waals surface area contributed by atoms with Crippen molar-refractivity contribution in [1.29, 1.82) is 0 Å². The maximum Gasteiger partial charge on any atom is 0.153 e. The Kier molecular flexibility index (Phi) is 3.17. The minimum Gasteiger partial charge on any atom is -0.494 e. The highest BCUT2D eigenvalue weighted by atomic mass is 35.5. The molecule has 0 bridgehead atoms. The van der Waals surface area contributed by atoms with E-state index >= 15 is 0 Å². The van der Waals surface area contributed by atoms with Crippen LogP contribution in [0.4, 0.5) is 0 Å². The summed E-state index contributed by atoms with van der Waals surface area (Å²) in [6, 6.07) is 1.60. The van der Waals surface area contributed by atoms with Crippen molar-refractivity contribution in [1.82, 2.24) is 4.98 Å². The molecule has 0 amide bonds. The molecular formula is C11H9Cl2NO3. The van der Waals surface area contributed by atoms with Crippen LogP contribution in [0.15, 0.2) is 6.07 Å². The fourth-order valence-electron chi connectivity index (χ4n) is 1.75. The molecule has 0 aliphatic heterocycles. The van der Waals surface area contributed by atoms with E-state index in [0.29, 0.717) is 39.3 Å². The molecule has 0 aliphatic carbocycles. The van der Waals surface area contributed by atoms with Crippen molar-refractivity contribution in [3.8, 4) is 11.5 Å². The van der Waals surface area contributed by atoms with Gasteiger partial charge in [-0.1, -0.05) is 23.2 Å². The van der Waals surface area contributed by atoms with Crippen LogP contribution in [0.1, 0.15) is 10.4 Å². The number of aromatic nitrogens is 1. The van der Waals surface area contributed by atoms with Crippen molar-refractivity contribution in [2.24, 2.45) is 0 Å². The van der Waals surface area contributed by atoms with Crippen LogP contribution in [0.2, 0.25) is 10.2 Å². The zero-order valence-corrected chi connectivity index (χ0v) is 10.6. The molecule has 1 N–H and O–H groups in total. The minimum atomic E-state index is 0.230. The standard InChI is InChI=1S/C11H9Cl2NO3/c1-16-7-3-6(12)10(17-2)8-5(4-15)11(13)14-9(7)8/h3-4,14H,1-2H3. The van der Waals surface area contributed by atoms with E-state index < -0.39 is 0 Å². The van der Waals surface area contributed by atoms with Crippen molar-refractivity contribution in [3.05, 3.63) is 21.8 Å². The number of methoxy groups -OCH3 is 2. The molecule has 4 nitrogen and oxygen atoms in total. The van der Waals surface area contributed by atoms with Crippen LogP contribution in [-0.4, -0.2) is 25.5 Å². The molecule has 17 heavy (non-hydrogen) atoms. The Morgan fingerprint density at radius 1 is 1.29 bits per heavy atom. The van der Waals surface area contributed by atoms with E-state index in [9.17, 15) is 4.79 Å². The van der Waals surface area contributed by atoms with Gasteiger partial charge < -0.3 is 14.5 Å². The number of carbonyl (C=O) groups is 1. The Bertz CT molecular complexity index is 592. The molecule has 1 aromatic heterocycles. The maximum atomic E-state index is 11.0. The number of hydrogen-bond acceptors (Lipinski definition) is 3. The SMILES string of the molecule is COc1cc(Cl)c(OC)c2c(C=O)c(Cl)[nH]c12. The van der Waals surface area contributed by atoms with Gasteiger partial charge in [-0.25, -0.2) is 0 Å². The Balaban J connectivity index is 2.97. The van der Waals surface area contributed by atoms with Gasteiger partial charge in [-0.3, -0.25) is 4.79 Å². The summed E-state index contributed by atoms with van der Waals surface area (Å²) in [6.07, 6.45) is 0.652. The number of fused-ring (bicyclic) bond motifs is 1. The molecule has 0 fully saturated rings. The Hall–Kier alpha value is -1.39. The zero-order valence-electron chi connectivity index (χ0n) is 9.14. The van der Waals surface area contributed by atoms with Crippen LogP contribution in [0.25, 0.3) is 10.9 Å². The van der Waals surface area contributed by atoms with Gasteiger partial charge in [0.25, 0.3) is 0 Å². The van der Waals surface area contributed by atoms with E-state index in [1.165, 1.54) is 14.2 Å². The van der Waals surface area contributed by atoms with Crippen LogP contribution in [0, 0.1) is 0 Å². The van der Waals surface area contributed by atoms with Crippen LogP contribution < -0.4 is 9.47 Å². The van der Waals surface area contributed by atoms with Crippen molar-refractivity contribution in [3.63, 3.8) is 0 Å². The van der Waals surface area contributed by atoms with E-state index in [-0.39, 0.29) is 5.15 Å². The van der Waals surface area contributed by atoms with Gasteiger partial charge in [0.1, 0.15) is 16.7 Å². The summed E-state index contributed by atoms with van der Waals surface area (Å²) in [7, 11) is 2.98. The second kappa shape index (κ2) is 4.47. The third kappa shape index (κ3) is 1.73. The molecule has 1 aromatic carbocycles. The van der Waals surface area contributed by atoms with Gasteiger partial charge in [0, 0.05) is 6.07 Å². The van der Waals surface area contributed by atoms with Crippen LogP contribution in [0.3, 0.4) is 0 Å². The second-order valence-corrected chi connectivity index (χ2v) is 4.10. The molecule has 90 valence electrons. The largest absolute Gasteiger partial charge is 0.494 e. The number of benzene rings is 1. The summed E-state index contributed by atoms with van der Waals surface area (Å²) in [5, 5.41) is 1.11. The lowest BCUT2D eigenvalue weighted by molar-refractivity contribution is 0.112. The Labute approximate surface area is 107 Å². The van der Waals surface area contributed by atoms with Crippen LogP contribution in [0.5, 0.6) is 11.5 Å². The van der Waals surface area contributed by atoms with Gasteiger partial charge in [0.05, 0.1) is 35.7 Å². The quantitative estimate of drug-likeness (QED) is 0.873. The highest BCUT2D eigenvalue weighted by molar-refractivity contribution is 6.37. The van der Waals surface area contributed by atoms with Crippen molar-refractivity contribution in [2.45, 2.75) is 0 Å². The van der Waals surface area contributed by atoms with Gasteiger partial charge in [-0.05, 0) is 0 Å². The maximum absolute atomic E-state index is 11.0. The molecule has 2 rings (SSSR count). The third-order valence-corrected chi connectivity index (χ3v) is 3.06. The number of rotatable bonds is 3. The highest BCUT2D eigenvalue weighted by Gasteiger charge is 2.20. The number of H-pyrrole nitrogens is 1. The first-order chi connectivity index (χ1) is 8.13. The summed E-state index contributed by atoms with van der Waals surface area (Å²) in [5.74, 6) is 0.897. The minimum absolute atomic E-state index is 0.230. The molecule has 6 heteroatoms. The van der Waals surface area contributed by atoms with Crippen LogP contribution in [-0.2, 0) is 0 Å². The molecule has 2 aromatic rings. The molecular weight excluding hydrogens is 265 g/mol. The fourth-order valence-corrected chi connectivity index (χ4v) is 2.25. The van der Waals surface area contributed by atoms with Gasteiger partial charge >= 0.3 is 0 Å². The van der Waals surface area contributed by atoms with Crippen molar-refractivity contribution >= 4 is 40.4 Å². The summed E-state index contributed by atoms with van der Waals surface area (Å²) in [4.78, 5) is 13.9. The van der Waals surface area contributed by atoms with E-state index in [4.69, 9.17) is 32.7 Å². The predicted octanol–water partition coefficient (Wildman–Crippen LogP) is 3.30. The molecule has 0 radical (unpaired) electrons. The molecule has 0 atom stereocenters. The van der Waals surface area contributed by atoms with Gasteiger partial charge in [0.15, 0.2) is 6.29 Å². The molecule has 1 heterocycles. The van der Waals surface area contributed by atoms with Crippen molar-refractivity contribution < 1.29 is 14.3 Å². The highest BCUT2D eigenvalue weighted by Crippen LogP contribution is 2.42. The van der Waals surface area contributed by atoms with E-state index in [1.807, 2.05) is 0 Å². The lowest BCUT2D eigenvalue weighted by Gasteiger charge is -2.08. The lowest BCUT2D eigenvalue weighted by atomic mass is 10.1. The molecule has 0 spiro atoms. The molecule has 0 saturated heterocycles. The van der Waals surface area contributed by atoms with E-state index in [0.717, 1.165) is 0 Å². The smallest absolute Gasteiger partial charge is 0.153 e. The summed E-state index contributed by atoms with van der Waals surface area (Å²) < 4.78 is 10.4. The predicted molar refractivity (Wildman–Crippen MR) is 66.8 cm³/mol. The Morgan fingerprint density at radius 2 is 2.00 bits per heavy atom. The molecule has 0 aliphatic rings. The number of nitrogens with one attached hydrogen (secondary N) is 1. The summed E-state index contributed by atoms with van der Waals surface area (Å²) in [5.41, 5.74) is 0.889. The van der Waals surface area contributed by atoms with E-state index in [2.05, 4.69) is 4.98 Å². The number of halogens is 2. The summed E-state index contributed by atoms with van der Waals surface area (Å²) >= 11 is 12.0.